The summed E-state index contributed by atoms with van der Waals surface area (Å²) in [6.45, 7) is 5.42. The number of furan rings is 1. The molecule has 0 radical (unpaired) electrons. The van der Waals surface area contributed by atoms with Gasteiger partial charge in [-0.25, -0.2) is 0 Å². The highest BCUT2D eigenvalue weighted by atomic mass is 16.6. The summed E-state index contributed by atoms with van der Waals surface area (Å²) in [4.78, 5) is 63.3. The van der Waals surface area contributed by atoms with Crippen LogP contribution in [0.25, 0.3) is 0 Å². The van der Waals surface area contributed by atoms with Crippen LogP contribution in [-0.2, 0) is 42.9 Å². The lowest BCUT2D eigenvalue weighted by atomic mass is 9.42. The molecule has 10 nitrogen and oxygen atoms in total. The van der Waals surface area contributed by atoms with Crippen molar-refractivity contribution in [3.63, 3.8) is 0 Å². The van der Waals surface area contributed by atoms with Gasteiger partial charge in [0.1, 0.15) is 24.6 Å². The van der Waals surface area contributed by atoms with E-state index in [-0.39, 0.29) is 19.6 Å². The number of rotatable bonds is 8. The number of ketones is 1. The normalized spacial score (nSPS) is 35.9. The minimum atomic E-state index is -1.33. The van der Waals surface area contributed by atoms with Crippen LogP contribution in [0.15, 0.2) is 23.0 Å². The molecule has 2 saturated carbocycles. The molecule has 0 bridgehead atoms. The molecule has 7 atom stereocenters. The smallest absolute Gasteiger partial charge is 0.303 e. The van der Waals surface area contributed by atoms with Crippen molar-refractivity contribution < 1.29 is 47.3 Å². The predicted octanol–water partition coefficient (Wildman–Crippen LogP) is 2.73. The van der Waals surface area contributed by atoms with Crippen LogP contribution in [0.4, 0.5) is 0 Å². The number of hydrogen-bond donors (Lipinski definition) is 0. The van der Waals surface area contributed by atoms with Gasteiger partial charge >= 0.3 is 17.9 Å². The van der Waals surface area contributed by atoms with Gasteiger partial charge in [-0.2, -0.15) is 0 Å². The van der Waals surface area contributed by atoms with E-state index in [1.54, 1.807) is 13.0 Å². The molecule has 1 aromatic rings. The van der Waals surface area contributed by atoms with Crippen LogP contribution in [0.1, 0.15) is 65.0 Å². The number of Topliss-reactive ketones (excluding diaryl/α,β-unsaturated/α-hetero) is 1. The Morgan fingerprint density at radius 2 is 1.92 bits per heavy atom. The van der Waals surface area contributed by atoms with E-state index in [1.165, 1.54) is 33.3 Å². The van der Waals surface area contributed by atoms with Gasteiger partial charge in [-0.1, -0.05) is 13.3 Å². The average molecular weight is 505 g/mol. The maximum atomic E-state index is 14.0. The fourth-order valence-electron chi connectivity index (χ4n) is 6.73. The molecular formula is C26H32O10. The van der Waals surface area contributed by atoms with Crippen molar-refractivity contribution in [2.24, 2.45) is 22.7 Å². The van der Waals surface area contributed by atoms with Gasteiger partial charge in [0, 0.05) is 44.1 Å². The molecule has 196 valence electrons. The number of esters is 3. The van der Waals surface area contributed by atoms with Crippen LogP contribution >= 0.6 is 0 Å². The van der Waals surface area contributed by atoms with Gasteiger partial charge in [0.15, 0.2) is 11.9 Å². The summed E-state index contributed by atoms with van der Waals surface area (Å²) in [6, 6.07) is 1.64. The van der Waals surface area contributed by atoms with E-state index in [0.717, 1.165) is 6.29 Å². The summed E-state index contributed by atoms with van der Waals surface area (Å²) in [5, 5.41) is 0. The fraction of sp³-hybridized carbons (Fsp3) is 0.654. The minimum absolute atomic E-state index is 0.00210. The van der Waals surface area contributed by atoms with Crippen molar-refractivity contribution in [1.29, 1.82) is 0 Å². The van der Waals surface area contributed by atoms with Crippen molar-refractivity contribution >= 4 is 30.0 Å². The minimum Gasteiger partial charge on any atom is -0.472 e. The number of carbonyl (C=O) groups is 5. The number of carbonyl (C=O) groups excluding carboxylic acids is 5. The standard InChI is InChI=1S/C26H32O10/c1-15-22(31)23(36-18(4)30)26(14-33-16(2)28)21(6-5-8-25(26)13-34-25)24(15,12-27)10-20(35-17(3)29)19-7-9-32-11-19/h7,9,11-12,15,20-21,23H,5-6,8,10,13-14H2,1-4H3. The molecule has 0 amide bonds. The SMILES string of the molecule is CC(=O)OCC12C(OC(C)=O)C(=O)C(C)C(C=O)(CC(OC(C)=O)c3ccoc3)C1CCCC21CO1. The Hall–Kier alpha value is -3.01. The molecule has 36 heavy (non-hydrogen) atoms. The third-order valence-electron chi connectivity index (χ3n) is 8.42. The largest absolute Gasteiger partial charge is 0.472 e. The summed E-state index contributed by atoms with van der Waals surface area (Å²) in [7, 11) is 0. The van der Waals surface area contributed by atoms with E-state index < -0.39 is 64.2 Å². The van der Waals surface area contributed by atoms with Crippen LogP contribution in [-0.4, -0.2) is 54.9 Å². The summed E-state index contributed by atoms with van der Waals surface area (Å²) in [5.41, 5.74) is -2.94. The summed E-state index contributed by atoms with van der Waals surface area (Å²) < 4.78 is 27.9. The highest BCUT2D eigenvalue weighted by molar-refractivity contribution is 5.93. The van der Waals surface area contributed by atoms with Crippen molar-refractivity contribution in [3.8, 4) is 0 Å². The van der Waals surface area contributed by atoms with Crippen molar-refractivity contribution in [1.82, 2.24) is 0 Å². The third kappa shape index (κ3) is 4.05. The molecular weight excluding hydrogens is 472 g/mol. The lowest BCUT2D eigenvalue weighted by Gasteiger charge is -2.61. The molecule has 0 N–H and O–H groups in total. The molecule has 7 unspecified atom stereocenters. The molecule has 1 spiro atoms. The lowest BCUT2D eigenvalue weighted by molar-refractivity contribution is -0.224. The van der Waals surface area contributed by atoms with Crippen LogP contribution in [0.5, 0.6) is 0 Å². The quantitative estimate of drug-likeness (QED) is 0.225. The first-order chi connectivity index (χ1) is 17.0. The van der Waals surface area contributed by atoms with Gasteiger partial charge in [-0.3, -0.25) is 19.2 Å². The van der Waals surface area contributed by atoms with Crippen molar-refractivity contribution in [3.05, 3.63) is 24.2 Å². The Kier molecular flexibility index (Phi) is 6.85. The predicted molar refractivity (Wildman–Crippen MR) is 121 cm³/mol. The molecule has 1 aromatic heterocycles. The van der Waals surface area contributed by atoms with Crippen LogP contribution in [0.2, 0.25) is 0 Å². The zero-order valence-corrected chi connectivity index (χ0v) is 20.9. The van der Waals surface area contributed by atoms with Crippen LogP contribution < -0.4 is 0 Å². The van der Waals surface area contributed by atoms with E-state index in [4.69, 9.17) is 23.4 Å². The van der Waals surface area contributed by atoms with Gasteiger partial charge in [0.25, 0.3) is 0 Å². The second kappa shape index (κ2) is 9.46. The highest BCUT2D eigenvalue weighted by Crippen LogP contribution is 2.68. The van der Waals surface area contributed by atoms with E-state index in [2.05, 4.69) is 0 Å². The number of aldehydes is 1. The Balaban J connectivity index is 1.89. The molecule has 10 heteroatoms. The van der Waals surface area contributed by atoms with Crippen molar-refractivity contribution in [2.75, 3.05) is 13.2 Å². The zero-order chi connectivity index (χ0) is 26.3. The Bertz CT molecular complexity index is 1040. The summed E-state index contributed by atoms with van der Waals surface area (Å²) in [6.07, 6.45) is 3.27. The van der Waals surface area contributed by atoms with Gasteiger partial charge in [-0.15, -0.1) is 0 Å². The Morgan fingerprint density at radius 3 is 2.44 bits per heavy atom. The molecule has 1 saturated heterocycles. The summed E-state index contributed by atoms with van der Waals surface area (Å²) in [5.74, 6) is -3.67. The van der Waals surface area contributed by atoms with Crippen molar-refractivity contribution in [2.45, 2.75) is 71.2 Å². The van der Waals surface area contributed by atoms with Crippen LogP contribution in [0, 0.1) is 22.7 Å². The first-order valence-corrected chi connectivity index (χ1v) is 12.2. The van der Waals surface area contributed by atoms with Gasteiger partial charge in [0.05, 0.1) is 24.5 Å². The number of fused-ring (bicyclic) bond motifs is 2. The average Bonchev–Trinajstić information content (AvgIpc) is 3.37. The molecule has 4 rings (SSSR count). The maximum Gasteiger partial charge on any atom is 0.303 e. The monoisotopic (exact) mass is 504 g/mol. The molecule has 0 aromatic carbocycles. The second-order valence-corrected chi connectivity index (χ2v) is 10.3. The maximum absolute atomic E-state index is 14.0. The fourth-order valence-corrected chi connectivity index (χ4v) is 6.73. The number of epoxide rings is 1. The molecule has 3 aliphatic rings. The van der Waals surface area contributed by atoms with E-state index in [1.807, 2.05) is 0 Å². The molecule has 2 aliphatic carbocycles. The summed E-state index contributed by atoms with van der Waals surface area (Å²) >= 11 is 0. The number of ether oxygens (including phenoxy) is 4. The van der Waals surface area contributed by atoms with E-state index in [0.29, 0.717) is 24.8 Å². The van der Waals surface area contributed by atoms with Gasteiger partial charge in [0.2, 0.25) is 0 Å². The topological polar surface area (TPSA) is 139 Å². The first-order valence-electron chi connectivity index (χ1n) is 12.2. The van der Waals surface area contributed by atoms with Crippen LogP contribution in [0.3, 0.4) is 0 Å². The lowest BCUT2D eigenvalue weighted by Crippen LogP contribution is -2.71. The Morgan fingerprint density at radius 1 is 1.19 bits per heavy atom. The molecule has 1 aliphatic heterocycles. The van der Waals surface area contributed by atoms with Gasteiger partial charge in [-0.05, 0) is 24.8 Å². The zero-order valence-electron chi connectivity index (χ0n) is 20.9. The molecule has 2 heterocycles. The number of hydrogen-bond acceptors (Lipinski definition) is 10. The van der Waals surface area contributed by atoms with Gasteiger partial charge < -0.3 is 28.2 Å². The van der Waals surface area contributed by atoms with E-state index >= 15 is 0 Å². The Labute approximate surface area is 208 Å². The molecule has 3 fully saturated rings. The highest BCUT2D eigenvalue weighted by Gasteiger charge is 2.78. The first kappa shape index (κ1) is 26.1. The van der Waals surface area contributed by atoms with E-state index in [9.17, 15) is 24.0 Å². The third-order valence-corrected chi connectivity index (χ3v) is 8.42. The second-order valence-electron chi connectivity index (χ2n) is 10.3.